The van der Waals surface area contributed by atoms with Crippen molar-refractivity contribution >= 4 is 35.2 Å². The van der Waals surface area contributed by atoms with Gasteiger partial charge in [-0.3, -0.25) is 4.39 Å². The van der Waals surface area contributed by atoms with Crippen LogP contribution in [0.15, 0.2) is 150 Å². The minimum atomic E-state index is -1.30. The summed E-state index contributed by atoms with van der Waals surface area (Å²) in [6.07, 6.45) is 4.70. The maximum Gasteiger partial charge on any atom is 0.121 e. The van der Waals surface area contributed by atoms with Crippen molar-refractivity contribution in [3.63, 3.8) is 0 Å². The van der Waals surface area contributed by atoms with Crippen molar-refractivity contribution in [2.75, 3.05) is 0 Å². The number of rotatable bonds is 7. The number of furan rings is 1. The molecule has 3 nitrogen and oxygen atoms in total. The molecule has 5 aromatic carbocycles. The summed E-state index contributed by atoms with van der Waals surface area (Å²) in [4.78, 5) is 9.09. The van der Waals surface area contributed by atoms with E-state index in [1.807, 2.05) is 30.6 Å². The van der Waals surface area contributed by atoms with Gasteiger partial charge in [0.15, 0.2) is 0 Å². The molecule has 0 bridgehead atoms. The third kappa shape index (κ3) is 8.37. The van der Waals surface area contributed by atoms with E-state index in [1.165, 1.54) is 45.0 Å². The first kappa shape index (κ1) is 36.8. The van der Waals surface area contributed by atoms with Gasteiger partial charge >= 0.3 is 0 Å². The third-order valence-electron chi connectivity index (χ3n) is 9.26. The van der Waals surface area contributed by atoms with Gasteiger partial charge in [0.25, 0.3) is 0 Å². The SMILES string of the molecule is CC(c1ccccc1)c1cccc2oc3c[c-]c(-c4cc(Cc5ccccc5)ccn4)cc3c12.C[Si](C)(C)c1ccc(-c2[c-]cc(F)cc2)nc1.[Ir]. The largest absolute Gasteiger partial charge is 0.500 e. The standard InChI is InChI=1S/C32H24NO.C14H15FNSi.Ir/c1-22(25-11-6-3-7-12-25)27-13-8-14-31-32(27)28-21-26(15-16-30(28)34-31)29-20-24(17-18-33-29)19-23-9-4-2-5-10-23;1-17(2,3)13-8-9-14(16-10-13)11-4-6-12(15)7-5-11;/h2-14,16-18,20-22H,19H2,1H3;4,6-10H,1-3H3;/q2*-1;. The van der Waals surface area contributed by atoms with Crippen molar-refractivity contribution in [1.82, 2.24) is 9.97 Å². The number of pyridine rings is 2. The molecule has 0 saturated heterocycles. The summed E-state index contributed by atoms with van der Waals surface area (Å²) >= 11 is 0. The molecule has 3 heterocycles. The van der Waals surface area contributed by atoms with E-state index in [0.717, 1.165) is 45.5 Å². The molecule has 0 amide bonds. The summed E-state index contributed by atoms with van der Waals surface area (Å²) < 4.78 is 19.0. The van der Waals surface area contributed by atoms with Crippen LogP contribution in [-0.4, -0.2) is 18.0 Å². The van der Waals surface area contributed by atoms with Crippen molar-refractivity contribution in [3.05, 3.63) is 186 Å². The van der Waals surface area contributed by atoms with E-state index in [0.29, 0.717) is 0 Å². The molecular formula is C46H39FIrN2OSi-2. The van der Waals surface area contributed by atoms with Crippen molar-refractivity contribution < 1.29 is 28.9 Å². The summed E-state index contributed by atoms with van der Waals surface area (Å²) in [5, 5.41) is 3.60. The Morgan fingerprint density at radius 3 is 2.13 bits per heavy atom. The van der Waals surface area contributed by atoms with Gasteiger partial charge in [-0.25, -0.2) is 0 Å². The van der Waals surface area contributed by atoms with Crippen molar-refractivity contribution in [2.24, 2.45) is 0 Å². The van der Waals surface area contributed by atoms with Crippen LogP contribution >= 0.6 is 0 Å². The first-order valence-electron chi connectivity index (χ1n) is 17.3. The molecule has 52 heavy (non-hydrogen) atoms. The fourth-order valence-electron chi connectivity index (χ4n) is 6.35. The van der Waals surface area contributed by atoms with Gasteiger partial charge in [-0.2, -0.15) is 0 Å². The van der Waals surface area contributed by atoms with Gasteiger partial charge in [-0.15, -0.1) is 53.6 Å². The normalized spacial score (nSPS) is 11.8. The predicted octanol–water partition coefficient (Wildman–Crippen LogP) is 11.4. The van der Waals surface area contributed by atoms with Crippen LogP contribution in [0.2, 0.25) is 19.6 Å². The number of aromatic nitrogens is 2. The topological polar surface area (TPSA) is 38.9 Å². The zero-order valence-electron chi connectivity index (χ0n) is 29.7. The Balaban J connectivity index is 0.000000218. The van der Waals surface area contributed by atoms with Gasteiger partial charge in [0.2, 0.25) is 0 Å². The molecule has 0 aliphatic carbocycles. The summed E-state index contributed by atoms with van der Waals surface area (Å²) in [5.41, 5.74) is 10.4. The molecule has 0 aliphatic heterocycles. The molecule has 1 radical (unpaired) electrons. The van der Waals surface area contributed by atoms with Crippen LogP contribution in [0.3, 0.4) is 0 Å². The second kappa shape index (κ2) is 16.1. The van der Waals surface area contributed by atoms with Gasteiger partial charge < -0.3 is 14.4 Å². The number of nitrogens with zero attached hydrogens (tertiary/aromatic N) is 2. The molecule has 0 fully saturated rings. The zero-order chi connectivity index (χ0) is 35.4. The van der Waals surface area contributed by atoms with Gasteiger partial charge in [0.05, 0.1) is 13.7 Å². The van der Waals surface area contributed by atoms with Gasteiger partial charge in [-0.1, -0.05) is 123 Å². The molecule has 261 valence electrons. The average molecular weight is 875 g/mol. The monoisotopic (exact) mass is 875 g/mol. The number of benzene rings is 5. The van der Waals surface area contributed by atoms with Crippen LogP contribution in [0.25, 0.3) is 44.5 Å². The van der Waals surface area contributed by atoms with E-state index in [9.17, 15) is 4.39 Å². The summed E-state index contributed by atoms with van der Waals surface area (Å²) in [6, 6.07) is 50.7. The van der Waals surface area contributed by atoms with Crippen molar-refractivity contribution in [3.8, 4) is 22.5 Å². The Hall–Kier alpha value is -5.00. The molecule has 1 unspecified atom stereocenters. The first-order valence-corrected chi connectivity index (χ1v) is 20.8. The second-order valence-corrected chi connectivity index (χ2v) is 19.0. The molecule has 1 atom stereocenters. The Morgan fingerprint density at radius 1 is 0.692 bits per heavy atom. The predicted molar refractivity (Wildman–Crippen MR) is 210 cm³/mol. The molecule has 3 aromatic heterocycles. The average Bonchev–Trinajstić information content (AvgIpc) is 3.54. The van der Waals surface area contributed by atoms with Crippen molar-refractivity contribution in [1.29, 1.82) is 0 Å². The Morgan fingerprint density at radius 2 is 1.44 bits per heavy atom. The molecule has 0 saturated carbocycles. The third-order valence-corrected chi connectivity index (χ3v) is 11.3. The van der Waals surface area contributed by atoms with E-state index >= 15 is 0 Å². The molecule has 0 aliphatic rings. The summed E-state index contributed by atoms with van der Waals surface area (Å²) in [5.74, 6) is -0.0156. The minimum Gasteiger partial charge on any atom is -0.500 e. The Bertz CT molecular complexity index is 2390. The van der Waals surface area contributed by atoms with Crippen LogP contribution in [0.4, 0.5) is 4.39 Å². The number of hydrogen-bond acceptors (Lipinski definition) is 3. The van der Waals surface area contributed by atoms with Crippen LogP contribution in [0, 0.1) is 17.9 Å². The van der Waals surface area contributed by atoms with E-state index in [2.05, 4.69) is 146 Å². The maximum absolute atomic E-state index is 12.8. The molecular weight excluding hydrogens is 836 g/mol. The minimum absolute atomic E-state index is 0. The smallest absolute Gasteiger partial charge is 0.121 e. The molecule has 6 heteroatoms. The van der Waals surface area contributed by atoms with Gasteiger partial charge in [0.1, 0.15) is 5.58 Å². The summed E-state index contributed by atoms with van der Waals surface area (Å²) in [6.45, 7) is 9.11. The second-order valence-electron chi connectivity index (χ2n) is 13.9. The Kier molecular flexibility index (Phi) is 11.4. The van der Waals surface area contributed by atoms with E-state index in [1.54, 1.807) is 6.07 Å². The summed E-state index contributed by atoms with van der Waals surface area (Å²) in [7, 11) is -1.30. The number of fused-ring (bicyclic) bond motifs is 3. The van der Waals surface area contributed by atoms with Crippen LogP contribution in [0.1, 0.15) is 35.1 Å². The fraction of sp³-hybridized carbons (Fsp3) is 0.130. The fourth-order valence-corrected chi connectivity index (χ4v) is 7.39. The number of hydrogen-bond donors (Lipinski definition) is 0. The van der Waals surface area contributed by atoms with Crippen LogP contribution in [-0.2, 0) is 26.5 Å². The molecule has 0 spiro atoms. The molecule has 0 N–H and O–H groups in total. The first-order chi connectivity index (χ1) is 24.7. The molecule has 8 rings (SSSR count). The van der Waals surface area contributed by atoms with Crippen LogP contribution in [0.5, 0.6) is 0 Å². The van der Waals surface area contributed by atoms with E-state index in [4.69, 9.17) is 4.42 Å². The Labute approximate surface area is 320 Å². The van der Waals surface area contributed by atoms with Gasteiger partial charge in [-0.05, 0) is 57.4 Å². The molecule has 8 aromatic rings. The van der Waals surface area contributed by atoms with E-state index in [-0.39, 0.29) is 31.8 Å². The van der Waals surface area contributed by atoms with E-state index < -0.39 is 8.07 Å². The van der Waals surface area contributed by atoms with Crippen LogP contribution < -0.4 is 5.19 Å². The number of halogens is 1. The zero-order valence-corrected chi connectivity index (χ0v) is 33.0. The maximum atomic E-state index is 12.8. The van der Waals surface area contributed by atoms with Crippen molar-refractivity contribution in [2.45, 2.75) is 38.9 Å². The van der Waals surface area contributed by atoms with Gasteiger partial charge in [0, 0.05) is 49.6 Å². The quantitative estimate of drug-likeness (QED) is 0.118.